The highest BCUT2D eigenvalue weighted by Gasteiger charge is 2.13. The molecule has 2 rings (SSSR count). The van der Waals surface area contributed by atoms with Gasteiger partial charge in [-0.3, -0.25) is 0 Å². The Morgan fingerprint density at radius 2 is 2.05 bits per heavy atom. The Balaban J connectivity index is 2.34. The highest BCUT2D eigenvalue weighted by atomic mass is 16.4. The fraction of sp³-hybridized carbons (Fsp3) is 0.250. The largest absolute Gasteiger partial charge is 0.409 e. The zero-order chi connectivity index (χ0) is 15.4. The van der Waals surface area contributed by atoms with E-state index in [1.165, 1.54) is 11.1 Å². The minimum atomic E-state index is 0.0635. The molecule has 5 heteroatoms. The van der Waals surface area contributed by atoms with Crippen molar-refractivity contribution in [3.05, 3.63) is 58.8 Å². The van der Waals surface area contributed by atoms with Crippen LogP contribution in [0.3, 0.4) is 0 Å². The Morgan fingerprint density at radius 1 is 1.29 bits per heavy atom. The third-order valence-electron chi connectivity index (χ3n) is 3.26. The number of pyridine rings is 1. The predicted molar refractivity (Wildman–Crippen MR) is 84.8 cm³/mol. The van der Waals surface area contributed by atoms with Crippen LogP contribution >= 0.6 is 0 Å². The Bertz CT molecular complexity index is 667. The monoisotopic (exact) mass is 284 g/mol. The molecule has 1 aromatic heterocycles. The number of aryl methyl sites for hydroxylation is 2. The summed E-state index contributed by atoms with van der Waals surface area (Å²) in [7, 11) is 1.94. The van der Waals surface area contributed by atoms with E-state index in [2.05, 4.69) is 35.3 Å². The van der Waals surface area contributed by atoms with Gasteiger partial charge in [-0.2, -0.15) is 0 Å². The van der Waals surface area contributed by atoms with Gasteiger partial charge in [0.2, 0.25) is 0 Å². The highest BCUT2D eigenvalue weighted by Crippen LogP contribution is 2.19. The van der Waals surface area contributed by atoms with Crippen LogP contribution in [0.15, 0.2) is 41.6 Å². The van der Waals surface area contributed by atoms with E-state index in [4.69, 9.17) is 10.9 Å². The molecule has 0 aliphatic rings. The van der Waals surface area contributed by atoms with Crippen LogP contribution in [0.4, 0.5) is 5.82 Å². The second kappa shape index (κ2) is 6.26. The maximum Gasteiger partial charge on any atom is 0.173 e. The van der Waals surface area contributed by atoms with Crippen LogP contribution < -0.4 is 10.6 Å². The Morgan fingerprint density at radius 3 is 2.71 bits per heavy atom. The van der Waals surface area contributed by atoms with Gasteiger partial charge < -0.3 is 15.8 Å². The van der Waals surface area contributed by atoms with Gasteiger partial charge >= 0.3 is 0 Å². The smallest absolute Gasteiger partial charge is 0.173 e. The molecule has 0 fully saturated rings. The lowest BCUT2D eigenvalue weighted by Gasteiger charge is -2.21. The second-order valence-electron chi connectivity index (χ2n) is 5.15. The third kappa shape index (κ3) is 3.51. The molecule has 0 amide bonds. The molecule has 21 heavy (non-hydrogen) atoms. The number of oxime groups is 1. The number of nitrogens with two attached hydrogens (primary N) is 1. The SMILES string of the molecule is Cc1cccc(CN(C)c2nc(C)ccc2C(N)=NO)c1. The molecule has 0 atom stereocenters. The molecule has 0 spiro atoms. The van der Waals surface area contributed by atoms with Crippen LogP contribution in [0.25, 0.3) is 0 Å². The van der Waals surface area contributed by atoms with Crippen molar-refractivity contribution in [2.75, 3.05) is 11.9 Å². The number of amidine groups is 1. The summed E-state index contributed by atoms with van der Waals surface area (Å²) in [5, 5.41) is 12.0. The minimum Gasteiger partial charge on any atom is -0.409 e. The van der Waals surface area contributed by atoms with Crippen LogP contribution in [0.5, 0.6) is 0 Å². The van der Waals surface area contributed by atoms with E-state index in [0.717, 1.165) is 5.69 Å². The zero-order valence-corrected chi connectivity index (χ0v) is 12.5. The number of nitrogens with zero attached hydrogens (tertiary/aromatic N) is 3. The summed E-state index contributed by atoms with van der Waals surface area (Å²) in [6, 6.07) is 12.0. The fourth-order valence-corrected chi connectivity index (χ4v) is 2.25. The summed E-state index contributed by atoms with van der Waals surface area (Å²) in [6.07, 6.45) is 0. The first-order valence-corrected chi connectivity index (χ1v) is 6.73. The molecule has 0 bridgehead atoms. The summed E-state index contributed by atoms with van der Waals surface area (Å²) in [5.74, 6) is 0.764. The lowest BCUT2D eigenvalue weighted by Crippen LogP contribution is -2.24. The summed E-state index contributed by atoms with van der Waals surface area (Å²) in [6.45, 7) is 4.68. The third-order valence-corrected chi connectivity index (χ3v) is 3.26. The molecular weight excluding hydrogens is 264 g/mol. The molecule has 0 unspecified atom stereocenters. The Labute approximate surface area is 124 Å². The van der Waals surface area contributed by atoms with E-state index >= 15 is 0 Å². The van der Waals surface area contributed by atoms with Gasteiger partial charge in [-0.25, -0.2) is 4.98 Å². The number of hydrogen-bond acceptors (Lipinski definition) is 4. The van der Waals surface area contributed by atoms with Crippen molar-refractivity contribution < 1.29 is 5.21 Å². The summed E-state index contributed by atoms with van der Waals surface area (Å²) in [4.78, 5) is 6.51. The van der Waals surface area contributed by atoms with E-state index in [9.17, 15) is 0 Å². The van der Waals surface area contributed by atoms with E-state index < -0.39 is 0 Å². The Kier molecular flexibility index (Phi) is 4.42. The maximum absolute atomic E-state index is 8.91. The molecule has 110 valence electrons. The van der Waals surface area contributed by atoms with Crippen LogP contribution in [-0.4, -0.2) is 23.1 Å². The van der Waals surface area contributed by atoms with Crippen LogP contribution in [0.2, 0.25) is 0 Å². The van der Waals surface area contributed by atoms with E-state index in [1.807, 2.05) is 37.1 Å². The summed E-state index contributed by atoms with van der Waals surface area (Å²) in [5.41, 5.74) is 9.65. The number of aromatic nitrogens is 1. The van der Waals surface area contributed by atoms with Gasteiger partial charge in [-0.1, -0.05) is 35.0 Å². The van der Waals surface area contributed by atoms with Gasteiger partial charge in [-0.15, -0.1) is 0 Å². The molecule has 1 heterocycles. The Hall–Kier alpha value is -2.56. The summed E-state index contributed by atoms with van der Waals surface area (Å²) < 4.78 is 0. The minimum absolute atomic E-state index is 0.0635. The molecule has 0 saturated heterocycles. The van der Waals surface area contributed by atoms with Gasteiger partial charge in [0, 0.05) is 19.3 Å². The fourth-order valence-electron chi connectivity index (χ4n) is 2.25. The van der Waals surface area contributed by atoms with Crippen molar-refractivity contribution in [2.45, 2.75) is 20.4 Å². The van der Waals surface area contributed by atoms with E-state index in [0.29, 0.717) is 17.9 Å². The van der Waals surface area contributed by atoms with Crippen molar-refractivity contribution >= 4 is 11.7 Å². The van der Waals surface area contributed by atoms with Crippen LogP contribution in [-0.2, 0) is 6.54 Å². The molecule has 2 aromatic rings. The lowest BCUT2D eigenvalue weighted by atomic mass is 10.1. The van der Waals surface area contributed by atoms with Gasteiger partial charge in [0.25, 0.3) is 0 Å². The molecule has 1 aromatic carbocycles. The van der Waals surface area contributed by atoms with Gasteiger partial charge in [0.15, 0.2) is 5.84 Å². The average Bonchev–Trinajstić information content (AvgIpc) is 2.46. The molecule has 0 radical (unpaired) electrons. The van der Waals surface area contributed by atoms with E-state index in [-0.39, 0.29) is 5.84 Å². The summed E-state index contributed by atoms with van der Waals surface area (Å²) >= 11 is 0. The van der Waals surface area contributed by atoms with Crippen molar-refractivity contribution in [1.82, 2.24) is 4.98 Å². The van der Waals surface area contributed by atoms with E-state index in [1.54, 1.807) is 0 Å². The number of benzene rings is 1. The van der Waals surface area contributed by atoms with Gasteiger partial charge in [-0.05, 0) is 31.5 Å². The average molecular weight is 284 g/mol. The standard InChI is InChI=1S/C16H20N4O/c1-11-5-4-6-13(9-11)10-20(3)16-14(15(17)19-21)8-7-12(2)18-16/h4-9,21H,10H2,1-3H3,(H2,17,19). The maximum atomic E-state index is 8.91. The molecule has 5 nitrogen and oxygen atoms in total. The normalized spacial score (nSPS) is 11.5. The predicted octanol–water partition coefficient (Wildman–Crippen LogP) is 2.43. The van der Waals surface area contributed by atoms with Crippen molar-refractivity contribution in [1.29, 1.82) is 0 Å². The first-order valence-electron chi connectivity index (χ1n) is 6.73. The van der Waals surface area contributed by atoms with Crippen molar-refractivity contribution in [3.8, 4) is 0 Å². The molecule has 3 N–H and O–H groups in total. The van der Waals surface area contributed by atoms with Crippen LogP contribution in [0.1, 0.15) is 22.4 Å². The lowest BCUT2D eigenvalue weighted by molar-refractivity contribution is 0.318. The second-order valence-corrected chi connectivity index (χ2v) is 5.15. The highest BCUT2D eigenvalue weighted by molar-refractivity contribution is 6.01. The van der Waals surface area contributed by atoms with Crippen molar-refractivity contribution in [2.24, 2.45) is 10.9 Å². The number of hydrogen-bond donors (Lipinski definition) is 2. The number of rotatable bonds is 4. The van der Waals surface area contributed by atoms with Gasteiger partial charge in [0.05, 0.1) is 5.56 Å². The quantitative estimate of drug-likeness (QED) is 0.391. The molecule has 0 aliphatic heterocycles. The van der Waals surface area contributed by atoms with Crippen molar-refractivity contribution in [3.63, 3.8) is 0 Å². The number of anilines is 1. The first-order chi connectivity index (χ1) is 10.0. The molecule has 0 saturated carbocycles. The topological polar surface area (TPSA) is 74.7 Å². The van der Waals surface area contributed by atoms with Gasteiger partial charge in [0.1, 0.15) is 5.82 Å². The van der Waals surface area contributed by atoms with Crippen LogP contribution in [0, 0.1) is 13.8 Å². The molecular formula is C16H20N4O. The first kappa shape index (κ1) is 14.8. The zero-order valence-electron chi connectivity index (χ0n) is 12.5. The molecule has 0 aliphatic carbocycles.